The smallest absolute Gasteiger partial charge is 0.293 e. The van der Waals surface area contributed by atoms with Crippen LogP contribution < -0.4 is 0 Å². The minimum Gasteiger partial charge on any atom is -0.460 e. The van der Waals surface area contributed by atoms with Gasteiger partial charge >= 0.3 is 0 Å². The highest BCUT2D eigenvalue weighted by molar-refractivity contribution is 6.01. The molecule has 3 saturated carbocycles. The number of carbonyl (C=O) groups is 3. The highest BCUT2D eigenvalue weighted by atomic mass is 16.5. The van der Waals surface area contributed by atoms with Gasteiger partial charge in [0.05, 0.1) is 6.10 Å². The van der Waals surface area contributed by atoms with Crippen molar-refractivity contribution in [2.24, 2.45) is 28.6 Å². The average molecular weight is 372 g/mol. The fraction of sp³-hybridized carbons (Fsp3) is 0.682. The maximum absolute atomic E-state index is 12.7. The number of ketones is 2. The van der Waals surface area contributed by atoms with Crippen molar-refractivity contribution < 1.29 is 24.2 Å². The predicted octanol–water partition coefficient (Wildman–Crippen LogP) is 2.77. The van der Waals surface area contributed by atoms with E-state index in [-0.39, 0.29) is 34.9 Å². The van der Waals surface area contributed by atoms with Crippen LogP contribution in [0.1, 0.15) is 51.9 Å². The van der Waals surface area contributed by atoms with Gasteiger partial charge in [-0.05, 0) is 74.3 Å². The summed E-state index contributed by atoms with van der Waals surface area (Å²) < 4.78 is 4.74. The molecule has 5 nitrogen and oxygen atoms in total. The summed E-state index contributed by atoms with van der Waals surface area (Å²) in [4.78, 5) is 35.0. The first kappa shape index (κ1) is 18.6. The lowest BCUT2D eigenvalue weighted by atomic mass is 9.53. The van der Waals surface area contributed by atoms with Crippen LogP contribution in [0.2, 0.25) is 0 Å². The molecule has 2 bridgehead atoms. The molecule has 1 N–H and O–H groups in total. The Morgan fingerprint density at radius 2 is 2.11 bits per heavy atom. The van der Waals surface area contributed by atoms with Crippen molar-refractivity contribution in [2.75, 3.05) is 6.61 Å². The Bertz CT molecular complexity index is 722. The molecule has 0 aromatic rings. The van der Waals surface area contributed by atoms with Crippen molar-refractivity contribution in [1.82, 2.24) is 0 Å². The highest BCUT2D eigenvalue weighted by Gasteiger charge is 2.57. The van der Waals surface area contributed by atoms with Gasteiger partial charge in [0.2, 0.25) is 0 Å². The number of allylic oxidation sites excluding steroid dienone is 4. The van der Waals surface area contributed by atoms with Crippen molar-refractivity contribution in [3.8, 4) is 0 Å². The Hall–Kier alpha value is -1.75. The van der Waals surface area contributed by atoms with Crippen LogP contribution in [-0.4, -0.2) is 35.9 Å². The Morgan fingerprint density at radius 1 is 1.30 bits per heavy atom. The molecule has 6 unspecified atom stereocenters. The molecule has 6 atom stereocenters. The van der Waals surface area contributed by atoms with Crippen LogP contribution >= 0.6 is 0 Å². The molecule has 1 spiro atoms. The maximum atomic E-state index is 12.7. The van der Waals surface area contributed by atoms with Gasteiger partial charge in [-0.1, -0.05) is 18.6 Å². The zero-order valence-electron chi connectivity index (χ0n) is 15.9. The quantitative estimate of drug-likeness (QED) is 0.768. The van der Waals surface area contributed by atoms with E-state index in [1.54, 1.807) is 12.2 Å². The molecule has 0 heterocycles. The summed E-state index contributed by atoms with van der Waals surface area (Å²) >= 11 is 0. The molecule has 3 fully saturated rings. The minimum atomic E-state index is -0.516. The van der Waals surface area contributed by atoms with Gasteiger partial charge in [-0.15, -0.1) is 0 Å². The lowest BCUT2D eigenvalue weighted by molar-refractivity contribution is -0.141. The molecule has 4 aliphatic rings. The lowest BCUT2D eigenvalue weighted by Gasteiger charge is -2.52. The molecule has 0 aromatic carbocycles. The Morgan fingerprint density at radius 3 is 2.89 bits per heavy atom. The van der Waals surface area contributed by atoms with Crippen LogP contribution in [0, 0.1) is 28.6 Å². The molecule has 0 aromatic heterocycles. The van der Waals surface area contributed by atoms with E-state index in [1.165, 1.54) is 5.57 Å². The topological polar surface area (TPSA) is 80.7 Å². The normalized spacial score (nSPS) is 43.0. The Labute approximate surface area is 159 Å². The van der Waals surface area contributed by atoms with E-state index in [0.717, 1.165) is 32.1 Å². The summed E-state index contributed by atoms with van der Waals surface area (Å²) in [5.74, 6) is 0.738. The second kappa shape index (κ2) is 6.69. The van der Waals surface area contributed by atoms with Gasteiger partial charge in [-0.25, -0.2) is 0 Å². The molecule has 5 heteroatoms. The molecule has 0 amide bonds. The van der Waals surface area contributed by atoms with Crippen molar-refractivity contribution in [1.29, 1.82) is 0 Å². The fourth-order valence-electron chi connectivity index (χ4n) is 6.85. The van der Waals surface area contributed by atoms with Crippen molar-refractivity contribution >= 4 is 18.0 Å². The molecule has 4 aliphatic carbocycles. The summed E-state index contributed by atoms with van der Waals surface area (Å²) in [5, 5.41) is 11.0. The largest absolute Gasteiger partial charge is 0.460 e. The van der Waals surface area contributed by atoms with E-state index in [4.69, 9.17) is 4.74 Å². The number of aliphatic hydroxyl groups is 1. The molecule has 0 aliphatic heterocycles. The van der Waals surface area contributed by atoms with Crippen LogP contribution in [0.5, 0.6) is 0 Å². The minimum absolute atomic E-state index is 0.0193. The zero-order chi connectivity index (χ0) is 19.2. The van der Waals surface area contributed by atoms with Gasteiger partial charge in [-0.2, -0.15) is 0 Å². The van der Waals surface area contributed by atoms with Gasteiger partial charge < -0.3 is 9.84 Å². The fourth-order valence-corrected chi connectivity index (χ4v) is 6.85. The highest BCUT2D eigenvalue weighted by Crippen LogP contribution is 2.62. The van der Waals surface area contributed by atoms with E-state index >= 15 is 0 Å². The van der Waals surface area contributed by atoms with E-state index in [0.29, 0.717) is 31.1 Å². The van der Waals surface area contributed by atoms with Crippen LogP contribution in [-0.2, 0) is 19.1 Å². The summed E-state index contributed by atoms with van der Waals surface area (Å²) in [6.07, 6.45) is 10.8. The summed E-state index contributed by atoms with van der Waals surface area (Å²) in [6.45, 7) is 2.31. The molecule has 0 radical (unpaired) electrons. The van der Waals surface area contributed by atoms with E-state index in [2.05, 4.69) is 6.92 Å². The van der Waals surface area contributed by atoms with E-state index in [1.807, 2.05) is 6.08 Å². The number of hydrogen-bond donors (Lipinski definition) is 1. The second-order valence-corrected chi connectivity index (χ2v) is 9.24. The average Bonchev–Trinajstić information content (AvgIpc) is 2.95. The van der Waals surface area contributed by atoms with Gasteiger partial charge in [0.25, 0.3) is 6.47 Å². The van der Waals surface area contributed by atoms with Gasteiger partial charge in [0.1, 0.15) is 6.61 Å². The zero-order valence-corrected chi connectivity index (χ0v) is 15.9. The maximum Gasteiger partial charge on any atom is 0.293 e. The molecule has 27 heavy (non-hydrogen) atoms. The second-order valence-electron chi connectivity index (χ2n) is 9.24. The van der Waals surface area contributed by atoms with E-state index < -0.39 is 6.10 Å². The Balaban J connectivity index is 1.64. The first-order valence-electron chi connectivity index (χ1n) is 10.1. The molecular formula is C22H28O5. The lowest BCUT2D eigenvalue weighted by Crippen LogP contribution is -2.47. The first-order valence-corrected chi connectivity index (χ1v) is 10.1. The first-order chi connectivity index (χ1) is 12.9. The number of rotatable bonds is 4. The molecule has 146 valence electrons. The number of fused-ring (bicyclic) bond motifs is 3. The standard InChI is InChI=1S/C22H28O5/c1-21-10-17(25)11-22-7-6-16(24)8-15(22)3-2-14(9-22)18(21)4-5-19(21)20(26)12-27-13-23/h6-8,13-14,17-19,25H,2-5,9-12H2,1H3. The summed E-state index contributed by atoms with van der Waals surface area (Å²) in [5.41, 5.74) is 0.726. The predicted molar refractivity (Wildman–Crippen MR) is 98.6 cm³/mol. The monoisotopic (exact) mass is 372 g/mol. The summed E-state index contributed by atoms with van der Waals surface area (Å²) in [6, 6.07) is 0. The van der Waals surface area contributed by atoms with Crippen LogP contribution in [0.4, 0.5) is 0 Å². The third-order valence-corrected chi connectivity index (χ3v) is 7.87. The Kier molecular flexibility index (Phi) is 4.61. The number of hydrogen-bond acceptors (Lipinski definition) is 5. The third-order valence-electron chi connectivity index (χ3n) is 7.87. The summed E-state index contributed by atoms with van der Waals surface area (Å²) in [7, 11) is 0. The number of aliphatic hydroxyl groups excluding tert-OH is 1. The van der Waals surface area contributed by atoms with Crippen molar-refractivity contribution in [2.45, 2.75) is 58.0 Å². The number of ether oxygens (including phenoxy) is 1. The molecular weight excluding hydrogens is 344 g/mol. The molecule has 4 rings (SSSR count). The van der Waals surface area contributed by atoms with Crippen LogP contribution in [0.15, 0.2) is 23.8 Å². The van der Waals surface area contributed by atoms with Crippen molar-refractivity contribution in [3.63, 3.8) is 0 Å². The van der Waals surface area contributed by atoms with Crippen LogP contribution in [0.25, 0.3) is 0 Å². The van der Waals surface area contributed by atoms with Gasteiger partial charge in [-0.3, -0.25) is 14.4 Å². The SMILES string of the molecule is CC12CC(O)CC34C=CC(=O)C=C3CCC(C4)C1CCC2C(=O)COC=O. The number of Topliss-reactive ketones (excluding diaryl/α,β-unsaturated/α-hetero) is 1. The third kappa shape index (κ3) is 3.00. The van der Waals surface area contributed by atoms with Gasteiger partial charge in [0, 0.05) is 11.3 Å². The number of carbonyl (C=O) groups excluding carboxylic acids is 3. The van der Waals surface area contributed by atoms with Crippen molar-refractivity contribution in [3.05, 3.63) is 23.8 Å². The van der Waals surface area contributed by atoms with Gasteiger partial charge in [0.15, 0.2) is 11.6 Å². The van der Waals surface area contributed by atoms with E-state index in [9.17, 15) is 19.5 Å². The molecule has 0 saturated heterocycles. The van der Waals surface area contributed by atoms with Crippen LogP contribution in [0.3, 0.4) is 0 Å².